The average molecular weight is 401 g/mol. The third kappa shape index (κ3) is 2.93. The number of anilines is 1. The molecule has 0 aliphatic carbocycles. The number of carbonyl (C=O) groups is 1. The first kappa shape index (κ1) is 18.5. The third-order valence-corrected chi connectivity index (χ3v) is 6.01. The van der Waals surface area contributed by atoms with Gasteiger partial charge in [0.25, 0.3) is 5.56 Å². The lowest BCUT2D eigenvalue weighted by Gasteiger charge is -2.23. The van der Waals surface area contributed by atoms with Gasteiger partial charge in [0.15, 0.2) is 0 Å². The van der Waals surface area contributed by atoms with Crippen LogP contribution in [0.5, 0.6) is 0 Å². The normalized spacial score (nSPS) is 16.8. The van der Waals surface area contributed by atoms with E-state index in [1.165, 1.54) is 33.5 Å². The van der Waals surface area contributed by atoms with E-state index in [4.69, 9.17) is 0 Å². The number of benzene rings is 2. The van der Waals surface area contributed by atoms with E-state index in [1.54, 1.807) is 30.8 Å². The van der Waals surface area contributed by atoms with Crippen molar-refractivity contribution in [3.63, 3.8) is 0 Å². The van der Waals surface area contributed by atoms with Crippen molar-refractivity contribution >= 4 is 23.4 Å². The molecule has 1 amide bonds. The van der Waals surface area contributed by atoms with Crippen LogP contribution in [0.3, 0.4) is 0 Å². The third-order valence-electron chi connectivity index (χ3n) is 4.80. The summed E-state index contributed by atoms with van der Waals surface area (Å²) in [5.41, 5.74) is 1.42. The molecule has 4 rings (SSSR count). The van der Waals surface area contributed by atoms with Crippen molar-refractivity contribution in [1.82, 2.24) is 9.36 Å². The summed E-state index contributed by atoms with van der Waals surface area (Å²) in [6, 6.07) is 12.2. The highest BCUT2D eigenvalue weighted by molar-refractivity contribution is 8.00. The van der Waals surface area contributed by atoms with Gasteiger partial charge in [0, 0.05) is 13.1 Å². The Morgan fingerprint density at radius 1 is 1.04 bits per heavy atom. The summed E-state index contributed by atoms with van der Waals surface area (Å²) in [7, 11) is 1.73. The maximum absolute atomic E-state index is 13.7. The fourth-order valence-corrected chi connectivity index (χ4v) is 4.60. The molecule has 1 fully saturated rings. The van der Waals surface area contributed by atoms with Gasteiger partial charge in [0.1, 0.15) is 22.7 Å². The Morgan fingerprint density at radius 3 is 2.32 bits per heavy atom. The highest BCUT2D eigenvalue weighted by atomic mass is 32.2. The largest absolute Gasteiger partial charge is 0.295 e. The van der Waals surface area contributed by atoms with Crippen LogP contribution in [0, 0.1) is 18.6 Å². The van der Waals surface area contributed by atoms with E-state index in [9.17, 15) is 18.4 Å². The molecule has 1 aromatic heterocycles. The number of halogens is 2. The quantitative estimate of drug-likeness (QED) is 0.675. The van der Waals surface area contributed by atoms with Gasteiger partial charge in [-0.15, -0.1) is 11.8 Å². The van der Waals surface area contributed by atoms with Gasteiger partial charge in [-0.25, -0.2) is 13.5 Å². The number of rotatable bonds is 3. The molecule has 144 valence electrons. The molecule has 3 aromatic rings. The number of aromatic nitrogens is 2. The predicted molar refractivity (Wildman–Crippen MR) is 105 cm³/mol. The Hall–Kier alpha value is -2.87. The van der Waals surface area contributed by atoms with Crippen molar-refractivity contribution < 1.29 is 13.6 Å². The van der Waals surface area contributed by atoms with Crippen molar-refractivity contribution in [2.45, 2.75) is 12.3 Å². The van der Waals surface area contributed by atoms with E-state index < -0.39 is 17.0 Å². The Labute approximate surface area is 164 Å². The first-order valence-electron chi connectivity index (χ1n) is 8.62. The number of amides is 1. The van der Waals surface area contributed by atoms with Gasteiger partial charge in [0.2, 0.25) is 5.91 Å². The summed E-state index contributed by atoms with van der Waals surface area (Å²) >= 11 is 1.24. The minimum atomic E-state index is -0.721. The van der Waals surface area contributed by atoms with Crippen LogP contribution >= 0.6 is 11.8 Å². The van der Waals surface area contributed by atoms with Gasteiger partial charge in [0.05, 0.1) is 17.1 Å². The standard InChI is InChI=1S/C20H17F2N3O2S/c1-12-18(19(27)25(23(12)2)16-6-4-3-5-7-16)24-17(26)11-28-20(24)13-8-14(21)10-15(22)9-13/h3-10,20H,11H2,1-2H3. The maximum Gasteiger partial charge on any atom is 0.295 e. The zero-order valence-electron chi connectivity index (χ0n) is 15.2. The number of para-hydroxylation sites is 1. The van der Waals surface area contributed by atoms with E-state index in [0.717, 1.165) is 6.07 Å². The van der Waals surface area contributed by atoms with Gasteiger partial charge in [-0.1, -0.05) is 18.2 Å². The molecule has 1 unspecified atom stereocenters. The van der Waals surface area contributed by atoms with Crippen molar-refractivity contribution in [3.05, 3.63) is 81.8 Å². The second-order valence-corrected chi connectivity index (χ2v) is 7.61. The number of hydrogen-bond acceptors (Lipinski definition) is 3. The summed E-state index contributed by atoms with van der Waals surface area (Å²) in [5.74, 6) is -1.59. The Balaban J connectivity index is 1.88. The highest BCUT2D eigenvalue weighted by Crippen LogP contribution is 2.42. The molecular weight excluding hydrogens is 384 g/mol. The Kier molecular flexibility index (Phi) is 4.58. The Morgan fingerprint density at radius 2 is 1.68 bits per heavy atom. The molecule has 0 radical (unpaired) electrons. The van der Waals surface area contributed by atoms with Crippen LogP contribution < -0.4 is 10.5 Å². The molecule has 1 aliphatic heterocycles. The van der Waals surface area contributed by atoms with E-state index in [0.29, 0.717) is 16.9 Å². The van der Waals surface area contributed by atoms with Crippen molar-refractivity contribution in [3.8, 4) is 5.69 Å². The lowest BCUT2D eigenvalue weighted by molar-refractivity contribution is -0.115. The van der Waals surface area contributed by atoms with Crippen LogP contribution in [-0.4, -0.2) is 21.0 Å². The van der Waals surface area contributed by atoms with Crippen molar-refractivity contribution in [2.24, 2.45) is 7.05 Å². The summed E-state index contributed by atoms with van der Waals surface area (Å²) in [5, 5.41) is -0.671. The summed E-state index contributed by atoms with van der Waals surface area (Å²) < 4.78 is 30.6. The van der Waals surface area contributed by atoms with Crippen LogP contribution in [0.2, 0.25) is 0 Å². The maximum atomic E-state index is 13.7. The zero-order chi connectivity index (χ0) is 20.0. The highest BCUT2D eigenvalue weighted by Gasteiger charge is 2.38. The van der Waals surface area contributed by atoms with E-state index in [1.807, 2.05) is 18.2 Å². The minimum absolute atomic E-state index is 0.127. The molecule has 2 heterocycles. The van der Waals surface area contributed by atoms with E-state index in [-0.39, 0.29) is 22.9 Å². The lowest BCUT2D eigenvalue weighted by atomic mass is 10.2. The molecule has 1 saturated heterocycles. The first-order valence-corrected chi connectivity index (χ1v) is 9.67. The van der Waals surface area contributed by atoms with E-state index >= 15 is 0 Å². The molecule has 8 heteroatoms. The molecular formula is C20H17F2N3O2S. The fourth-order valence-electron chi connectivity index (χ4n) is 3.46. The second-order valence-electron chi connectivity index (χ2n) is 6.54. The summed E-state index contributed by atoms with van der Waals surface area (Å²) in [6.07, 6.45) is 0. The predicted octanol–water partition coefficient (Wildman–Crippen LogP) is 3.54. The van der Waals surface area contributed by atoms with Crippen LogP contribution in [-0.2, 0) is 11.8 Å². The fraction of sp³-hybridized carbons (Fsp3) is 0.200. The topological polar surface area (TPSA) is 47.2 Å². The zero-order valence-corrected chi connectivity index (χ0v) is 16.0. The van der Waals surface area contributed by atoms with Gasteiger partial charge < -0.3 is 0 Å². The SMILES string of the molecule is Cc1c(N2C(=O)CSC2c2cc(F)cc(F)c2)c(=O)n(-c2ccccc2)n1C. The molecule has 0 saturated carbocycles. The molecule has 28 heavy (non-hydrogen) atoms. The van der Waals surface area contributed by atoms with Gasteiger partial charge in [-0.2, -0.15) is 0 Å². The summed E-state index contributed by atoms with van der Waals surface area (Å²) in [4.78, 5) is 27.3. The lowest BCUT2D eigenvalue weighted by Crippen LogP contribution is -2.33. The van der Waals surface area contributed by atoms with Gasteiger partial charge in [-0.3, -0.25) is 19.2 Å². The van der Waals surface area contributed by atoms with Gasteiger partial charge in [-0.05, 0) is 36.8 Å². The molecule has 0 bridgehead atoms. The molecule has 2 aromatic carbocycles. The van der Waals surface area contributed by atoms with Crippen molar-refractivity contribution in [1.29, 1.82) is 0 Å². The second kappa shape index (κ2) is 6.94. The molecule has 5 nitrogen and oxygen atoms in total. The number of thioether (sulfide) groups is 1. The van der Waals surface area contributed by atoms with E-state index in [2.05, 4.69) is 0 Å². The number of carbonyl (C=O) groups excluding carboxylic acids is 1. The smallest absolute Gasteiger partial charge is 0.288 e. The molecule has 0 spiro atoms. The monoisotopic (exact) mass is 401 g/mol. The average Bonchev–Trinajstić information content (AvgIpc) is 3.12. The Bertz CT molecular complexity index is 1100. The minimum Gasteiger partial charge on any atom is -0.288 e. The molecule has 1 atom stereocenters. The van der Waals surface area contributed by atoms with Crippen LogP contribution in [0.25, 0.3) is 5.69 Å². The molecule has 0 N–H and O–H groups in total. The molecule has 1 aliphatic rings. The summed E-state index contributed by atoms with van der Waals surface area (Å²) in [6.45, 7) is 1.75. The van der Waals surface area contributed by atoms with Crippen LogP contribution in [0.4, 0.5) is 14.5 Å². The van der Waals surface area contributed by atoms with Gasteiger partial charge >= 0.3 is 0 Å². The van der Waals surface area contributed by atoms with Crippen LogP contribution in [0.1, 0.15) is 16.6 Å². The van der Waals surface area contributed by atoms with Crippen LogP contribution in [0.15, 0.2) is 53.3 Å². The van der Waals surface area contributed by atoms with Crippen molar-refractivity contribution in [2.75, 3.05) is 10.7 Å². The number of nitrogens with zero attached hydrogens (tertiary/aromatic N) is 3. The number of hydrogen-bond donors (Lipinski definition) is 0. The first-order chi connectivity index (χ1) is 13.4.